The van der Waals surface area contributed by atoms with E-state index in [2.05, 4.69) is 10.4 Å². The van der Waals surface area contributed by atoms with E-state index >= 15 is 0 Å². The number of aryl methyl sites for hydroxylation is 1. The van der Waals surface area contributed by atoms with E-state index in [1.165, 1.54) is 0 Å². The molecular weight excluding hydrogens is 316 g/mol. The Morgan fingerprint density at radius 3 is 2.92 bits per heavy atom. The van der Waals surface area contributed by atoms with Gasteiger partial charge in [-0.05, 0) is 12.0 Å². The molecular formula is C19H20N4O2. The number of benzene rings is 1. The third-order valence-electron chi connectivity index (χ3n) is 4.40. The van der Waals surface area contributed by atoms with Gasteiger partial charge >= 0.3 is 0 Å². The van der Waals surface area contributed by atoms with Gasteiger partial charge in [-0.25, -0.2) is 0 Å². The first-order valence-electron chi connectivity index (χ1n) is 8.34. The predicted octanol–water partition coefficient (Wildman–Crippen LogP) is 2.70. The normalized spacial score (nSPS) is 12.8. The predicted molar refractivity (Wildman–Crippen MR) is 94.5 cm³/mol. The molecule has 0 spiro atoms. The summed E-state index contributed by atoms with van der Waals surface area (Å²) < 4.78 is 1.69. The Kier molecular flexibility index (Phi) is 4.57. The standard InChI is InChI=1S/C19H20N4O2/c1-3-4-9-21-19(25)15(11-20)18(24)16-14-10-12-7-5-6-8-13(12)17(14)23(2)22-16/h5-8,24H,3-4,9-10H2,1-2H3,(H,21,25)/b18-15-. The zero-order valence-corrected chi connectivity index (χ0v) is 14.3. The van der Waals surface area contributed by atoms with Crippen molar-refractivity contribution in [3.63, 3.8) is 0 Å². The van der Waals surface area contributed by atoms with Crippen LogP contribution in [-0.4, -0.2) is 27.3 Å². The van der Waals surface area contributed by atoms with Gasteiger partial charge in [-0.15, -0.1) is 0 Å². The van der Waals surface area contributed by atoms with Crippen LogP contribution in [0.2, 0.25) is 0 Å². The molecule has 1 amide bonds. The van der Waals surface area contributed by atoms with E-state index in [-0.39, 0.29) is 11.3 Å². The van der Waals surface area contributed by atoms with Crippen LogP contribution in [0.5, 0.6) is 0 Å². The molecule has 0 radical (unpaired) electrons. The molecule has 3 rings (SSSR count). The van der Waals surface area contributed by atoms with Crippen LogP contribution < -0.4 is 5.32 Å². The van der Waals surface area contributed by atoms with Gasteiger partial charge in [0.15, 0.2) is 11.3 Å². The lowest BCUT2D eigenvalue weighted by Gasteiger charge is -2.05. The van der Waals surface area contributed by atoms with Crippen LogP contribution in [0.4, 0.5) is 0 Å². The molecule has 25 heavy (non-hydrogen) atoms. The van der Waals surface area contributed by atoms with Crippen molar-refractivity contribution in [3.05, 3.63) is 46.7 Å². The van der Waals surface area contributed by atoms with Crippen molar-refractivity contribution in [3.8, 4) is 17.3 Å². The maximum Gasteiger partial charge on any atom is 0.265 e. The molecule has 6 nitrogen and oxygen atoms in total. The minimum absolute atomic E-state index is 0.298. The second-order valence-corrected chi connectivity index (χ2v) is 6.08. The van der Waals surface area contributed by atoms with Crippen molar-refractivity contribution in [1.29, 1.82) is 5.26 Å². The number of carbonyl (C=O) groups excluding carboxylic acids is 1. The van der Waals surface area contributed by atoms with Crippen LogP contribution >= 0.6 is 0 Å². The minimum Gasteiger partial charge on any atom is -0.504 e. The van der Waals surface area contributed by atoms with Gasteiger partial charge in [0.25, 0.3) is 5.91 Å². The average molecular weight is 336 g/mol. The van der Waals surface area contributed by atoms with Crippen molar-refractivity contribution in [2.75, 3.05) is 6.54 Å². The van der Waals surface area contributed by atoms with Crippen LogP contribution in [0.15, 0.2) is 29.8 Å². The lowest BCUT2D eigenvalue weighted by Crippen LogP contribution is -2.26. The van der Waals surface area contributed by atoms with Gasteiger partial charge in [0, 0.05) is 31.1 Å². The first kappa shape index (κ1) is 16.8. The highest BCUT2D eigenvalue weighted by atomic mass is 16.3. The Labute approximate surface area is 146 Å². The summed E-state index contributed by atoms with van der Waals surface area (Å²) in [5.74, 6) is -0.926. The van der Waals surface area contributed by atoms with Gasteiger partial charge < -0.3 is 10.4 Å². The molecule has 0 aliphatic heterocycles. The van der Waals surface area contributed by atoms with E-state index in [1.54, 1.807) is 11.7 Å². The zero-order valence-electron chi connectivity index (χ0n) is 14.3. The summed E-state index contributed by atoms with van der Waals surface area (Å²) in [6.45, 7) is 2.49. The van der Waals surface area contributed by atoms with Gasteiger partial charge in [0.05, 0.1) is 5.69 Å². The first-order chi connectivity index (χ1) is 12.1. The van der Waals surface area contributed by atoms with E-state index in [9.17, 15) is 15.2 Å². The fourth-order valence-electron chi connectivity index (χ4n) is 3.16. The van der Waals surface area contributed by atoms with E-state index < -0.39 is 5.91 Å². The SMILES string of the molecule is CCCCNC(=O)/C(C#N)=C(\O)c1nn(C)c2c1Cc1ccccc1-2. The highest BCUT2D eigenvalue weighted by Crippen LogP contribution is 2.39. The van der Waals surface area contributed by atoms with Crippen LogP contribution in [0.1, 0.15) is 36.6 Å². The molecule has 0 unspecified atom stereocenters. The van der Waals surface area contributed by atoms with Crippen molar-refractivity contribution in [1.82, 2.24) is 15.1 Å². The largest absolute Gasteiger partial charge is 0.504 e. The van der Waals surface area contributed by atoms with Crippen molar-refractivity contribution in [2.45, 2.75) is 26.2 Å². The lowest BCUT2D eigenvalue weighted by molar-refractivity contribution is -0.117. The third-order valence-corrected chi connectivity index (χ3v) is 4.40. The number of hydrogen-bond acceptors (Lipinski definition) is 4. The average Bonchev–Trinajstić information content (AvgIpc) is 3.13. The minimum atomic E-state index is -0.566. The molecule has 1 aromatic heterocycles. The number of rotatable bonds is 5. The Balaban J connectivity index is 2.00. The highest BCUT2D eigenvalue weighted by molar-refractivity contribution is 6.03. The summed E-state index contributed by atoms with van der Waals surface area (Å²) in [4.78, 5) is 12.2. The van der Waals surface area contributed by atoms with E-state index in [0.717, 1.165) is 35.2 Å². The van der Waals surface area contributed by atoms with Gasteiger partial charge in [-0.3, -0.25) is 9.48 Å². The van der Waals surface area contributed by atoms with Crippen LogP contribution in [-0.2, 0) is 18.3 Å². The van der Waals surface area contributed by atoms with Gasteiger partial charge in [-0.1, -0.05) is 37.6 Å². The van der Waals surface area contributed by atoms with Gasteiger partial charge in [-0.2, -0.15) is 10.4 Å². The summed E-state index contributed by atoms with van der Waals surface area (Å²) in [5.41, 5.74) is 3.97. The smallest absolute Gasteiger partial charge is 0.265 e. The molecule has 0 bridgehead atoms. The van der Waals surface area contributed by atoms with E-state index in [4.69, 9.17) is 0 Å². The maximum atomic E-state index is 12.2. The fourth-order valence-corrected chi connectivity index (χ4v) is 3.16. The first-order valence-corrected chi connectivity index (χ1v) is 8.34. The van der Waals surface area contributed by atoms with Crippen molar-refractivity contribution >= 4 is 11.7 Å². The molecule has 1 aromatic carbocycles. The van der Waals surface area contributed by atoms with Crippen molar-refractivity contribution in [2.24, 2.45) is 7.05 Å². The molecule has 2 N–H and O–H groups in total. The molecule has 0 fully saturated rings. The van der Waals surface area contributed by atoms with Gasteiger partial charge in [0.1, 0.15) is 11.8 Å². The number of aliphatic hydroxyl groups is 1. The summed E-state index contributed by atoms with van der Waals surface area (Å²) in [5, 5.41) is 27.0. The number of nitrogens with zero attached hydrogens (tertiary/aromatic N) is 3. The van der Waals surface area contributed by atoms with E-state index in [0.29, 0.717) is 18.7 Å². The lowest BCUT2D eigenvalue weighted by atomic mass is 10.1. The number of nitriles is 1. The molecule has 1 heterocycles. The Morgan fingerprint density at radius 1 is 1.44 bits per heavy atom. The molecule has 0 saturated carbocycles. The molecule has 6 heteroatoms. The van der Waals surface area contributed by atoms with Gasteiger partial charge in [0.2, 0.25) is 0 Å². The Morgan fingerprint density at radius 2 is 2.20 bits per heavy atom. The Bertz CT molecular complexity index is 903. The van der Waals surface area contributed by atoms with Crippen LogP contribution in [0.25, 0.3) is 17.0 Å². The van der Waals surface area contributed by atoms with Crippen molar-refractivity contribution < 1.29 is 9.90 Å². The molecule has 1 aliphatic carbocycles. The number of carbonyl (C=O) groups is 1. The molecule has 2 aromatic rings. The maximum absolute atomic E-state index is 12.2. The monoisotopic (exact) mass is 336 g/mol. The number of hydrogen-bond donors (Lipinski definition) is 2. The number of nitrogens with one attached hydrogen (secondary N) is 1. The summed E-state index contributed by atoms with van der Waals surface area (Å²) in [6.07, 6.45) is 2.37. The number of amides is 1. The molecule has 0 atom stereocenters. The van der Waals surface area contributed by atoms with Crippen LogP contribution in [0, 0.1) is 11.3 Å². The summed E-state index contributed by atoms with van der Waals surface area (Å²) in [6, 6.07) is 9.78. The fraction of sp³-hybridized carbons (Fsp3) is 0.316. The highest BCUT2D eigenvalue weighted by Gasteiger charge is 2.29. The number of aromatic nitrogens is 2. The number of fused-ring (bicyclic) bond motifs is 3. The second-order valence-electron chi connectivity index (χ2n) is 6.08. The topological polar surface area (TPSA) is 90.9 Å². The number of unbranched alkanes of at least 4 members (excludes halogenated alkanes) is 1. The molecule has 128 valence electrons. The summed E-state index contributed by atoms with van der Waals surface area (Å²) >= 11 is 0. The third kappa shape index (κ3) is 2.89. The van der Waals surface area contributed by atoms with E-state index in [1.807, 2.05) is 37.3 Å². The Hall–Kier alpha value is -3.07. The zero-order chi connectivity index (χ0) is 18.0. The van der Waals surface area contributed by atoms with Crippen LogP contribution in [0.3, 0.4) is 0 Å². The second kappa shape index (κ2) is 6.81. The number of aliphatic hydroxyl groups excluding tert-OH is 1. The molecule has 0 saturated heterocycles. The molecule has 1 aliphatic rings. The quantitative estimate of drug-likeness (QED) is 0.324. The summed E-state index contributed by atoms with van der Waals surface area (Å²) in [7, 11) is 1.80.